The lowest BCUT2D eigenvalue weighted by Crippen LogP contribution is -2.30. The highest BCUT2D eigenvalue weighted by molar-refractivity contribution is 5.97. The van der Waals surface area contributed by atoms with Crippen molar-refractivity contribution in [1.29, 1.82) is 0 Å². The van der Waals surface area contributed by atoms with Crippen molar-refractivity contribution in [3.05, 3.63) is 29.6 Å². The van der Waals surface area contributed by atoms with Crippen molar-refractivity contribution in [2.24, 2.45) is 5.92 Å². The van der Waals surface area contributed by atoms with Gasteiger partial charge in [-0.3, -0.25) is 9.59 Å². The van der Waals surface area contributed by atoms with E-state index in [1.807, 2.05) is 0 Å². The Hall–Kier alpha value is -1.82. The number of aliphatic carboxylic acids is 1. The van der Waals surface area contributed by atoms with Gasteiger partial charge in [0.05, 0.1) is 18.1 Å². The van der Waals surface area contributed by atoms with Crippen LogP contribution in [-0.4, -0.2) is 41.6 Å². The molecule has 21 heavy (non-hydrogen) atoms. The number of hydrogen-bond donors (Lipinski definition) is 1. The van der Waals surface area contributed by atoms with Gasteiger partial charge in [-0.1, -0.05) is 6.07 Å². The molecule has 0 spiro atoms. The molecule has 0 radical (unpaired) electrons. The summed E-state index contributed by atoms with van der Waals surface area (Å²) in [5, 5.41) is 8.94. The highest BCUT2D eigenvalue weighted by Gasteiger charge is 2.32. The maximum Gasteiger partial charge on any atom is 0.308 e. The molecule has 1 heterocycles. The normalized spacial score (nSPS) is 17.2. The van der Waals surface area contributed by atoms with Gasteiger partial charge < -0.3 is 14.7 Å². The number of carboxylic acid groups (broad SMARTS) is 1. The molecule has 7 heteroatoms. The summed E-state index contributed by atoms with van der Waals surface area (Å²) in [6.07, 6.45) is 0.417. The molecule has 2 rings (SSSR count). The van der Waals surface area contributed by atoms with Crippen molar-refractivity contribution in [1.82, 2.24) is 4.90 Å². The van der Waals surface area contributed by atoms with Crippen LogP contribution >= 0.6 is 12.4 Å². The van der Waals surface area contributed by atoms with E-state index in [0.29, 0.717) is 13.0 Å². The van der Waals surface area contributed by atoms with E-state index in [-0.39, 0.29) is 36.9 Å². The minimum Gasteiger partial charge on any atom is -0.490 e. The predicted octanol–water partition coefficient (Wildman–Crippen LogP) is 2.19. The third-order valence-corrected chi connectivity index (χ3v) is 3.31. The van der Waals surface area contributed by atoms with E-state index in [9.17, 15) is 14.0 Å². The number of carbonyl (C=O) groups excluding carboxylic acids is 1. The van der Waals surface area contributed by atoms with Crippen LogP contribution in [0.1, 0.15) is 23.7 Å². The molecule has 1 aliphatic rings. The van der Waals surface area contributed by atoms with Crippen LogP contribution < -0.4 is 4.74 Å². The van der Waals surface area contributed by atoms with E-state index in [1.165, 1.54) is 23.1 Å². The maximum absolute atomic E-state index is 13.7. The van der Waals surface area contributed by atoms with Crippen molar-refractivity contribution in [3.63, 3.8) is 0 Å². The zero-order valence-electron chi connectivity index (χ0n) is 11.5. The monoisotopic (exact) mass is 317 g/mol. The van der Waals surface area contributed by atoms with Crippen molar-refractivity contribution in [2.45, 2.75) is 13.3 Å². The number of halogens is 2. The summed E-state index contributed by atoms with van der Waals surface area (Å²) in [7, 11) is 0. The fourth-order valence-electron chi connectivity index (χ4n) is 2.28. The van der Waals surface area contributed by atoms with E-state index in [1.54, 1.807) is 6.92 Å². The second-order valence-corrected chi connectivity index (χ2v) is 4.62. The molecule has 1 N–H and O–H groups in total. The largest absolute Gasteiger partial charge is 0.490 e. The number of para-hydroxylation sites is 1. The molecule has 5 nitrogen and oxygen atoms in total. The number of likely N-dealkylation sites (tertiary alicyclic amines) is 1. The summed E-state index contributed by atoms with van der Waals surface area (Å²) in [4.78, 5) is 24.7. The third kappa shape index (κ3) is 3.64. The number of rotatable bonds is 4. The molecule has 0 bridgehead atoms. The highest BCUT2D eigenvalue weighted by Crippen LogP contribution is 2.26. The SMILES string of the molecule is CCOc1c(F)cccc1C(=O)N1CCC(C(=O)O)C1.Cl. The summed E-state index contributed by atoms with van der Waals surface area (Å²) < 4.78 is 18.9. The lowest BCUT2D eigenvalue weighted by atomic mass is 10.1. The summed E-state index contributed by atoms with van der Waals surface area (Å²) in [6, 6.07) is 4.16. The average Bonchev–Trinajstić information content (AvgIpc) is 2.90. The molecule has 1 unspecified atom stereocenters. The molecule has 1 aliphatic heterocycles. The first kappa shape index (κ1) is 17.2. The summed E-state index contributed by atoms with van der Waals surface area (Å²) >= 11 is 0. The third-order valence-electron chi connectivity index (χ3n) is 3.31. The first-order valence-electron chi connectivity index (χ1n) is 6.48. The fourth-order valence-corrected chi connectivity index (χ4v) is 2.28. The summed E-state index contributed by atoms with van der Waals surface area (Å²) in [5.41, 5.74) is 0.137. The molecule has 116 valence electrons. The molecule has 1 amide bonds. The molecule has 1 saturated heterocycles. The number of carbonyl (C=O) groups is 2. The topological polar surface area (TPSA) is 66.8 Å². The number of carboxylic acids is 1. The molecule has 0 aliphatic carbocycles. The first-order chi connectivity index (χ1) is 9.54. The van der Waals surface area contributed by atoms with Gasteiger partial charge in [0.25, 0.3) is 5.91 Å². The maximum atomic E-state index is 13.7. The number of ether oxygens (including phenoxy) is 1. The Balaban J connectivity index is 0.00000220. The Bertz CT molecular complexity index is 538. The molecule has 1 atom stereocenters. The van der Waals surface area contributed by atoms with Crippen LogP contribution in [0.25, 0.3) is 0 Å². The van der Waals surface area contributed by atoms with Crippen LogP contribution in [0.5, 0.6) is 5.75 Å². The average molecular weight is 318 g/mol. The van der Waals surface area contributed by atoms with Gasteiger partial charge in [-0.15, -0.1) is 12.4 Å². The van der Waals surface area contributed by atoms with E-state index < -0.39 is 23.6 Å². The lowest BCUT2D eigenvalue weighted by Gasteiger charge is -2.18. The van der Waals surface area contributed by atoms with Crippen molar-refractivity contribution in [2.75, 3.05) is 19.7 Å². The second-order valence-electron chi connectivity index (χ2n) is 4.62. The van der Waals surface area contributed by atoms with Crippen LogP contribution in [0, 0.1) is 11.7 Å². The van der Waals surface area contributed by atoms with E-state index in [4.69, 9.17) is 9.84 Å². The lowest BCUT2D eigenvalue weighted by molar-refractivity contribution is -0.141. The van der Waals surface area contributed by atoms with Gasteiger partial charge in [0.15, 0.2) is 11.6 Å². The molecule has 1 aromatic carbocycles. The number of amides is 1. The van der Waals surface area contributed by atoms with Crippen LogP contribution in [0.2, 0.25) is 0 Å². The van der Waals surface area contributed by atoms with Crippen molar-refractivity contribution >= 4 is 24.3 Å². The number of nitrogens with zero attached hydrogens (tertiary/aromatic N) is 1. The van der Waals surface area contributed by atoms with Gasteiger partial charge in [-0.2, -0.15) is 0 Å². The van der Waals surface area contributed by atoms with Crippen LogP contribution in [0.15, 0.2) is 18.2 Å². The van der Waals surface area contributed by atoms with Crippen molar-refractivity contribution in [3.8, 4) is 5.75 Å². The standard InChI is InChI=1S/C14H16FNO4.ClH/c1-2-20-12-10(4-3-5-11(12)15)13(17)16-7-6-9(8-16)14(18)19;/h3-5,9H,2,6-8H2,1H3,(H,18,19);1H. The van der Waals surface area contributed by atoms with Gasteiger partial charge in [0.1, 0.15) is 0 Å². The molecule has 0 aromatic heterocycles. The fraction of sp³-hybridized carbons (Fsp3) is 0.429. The van der Waals surface area contributed by atoms with E-state index in [2.05, 4.69) is 0 Å². The Labute approximate surface area is 128 Å². The predicted molar refractivity (Wildman–Crippen MR) is 76.5 cm³/mol. The first-order valence-corrected chi connectivity index (χ1v) is 6.48. The van der Waals surface area contributed by atoms with Gasteiger partial charge in [0, 0.05) is 13.1 Å². The van der Waals surface area contributed by atoms with Gasteiger partial charge in [-0.05, 0) is 25.5 Å². The molecule has 1 fully saturated rings. The number of benzene rings is 1. The number of hydrogen-bond acceptors (Lipinski definition) is 3. The summed E-state index contributed by atoms with van der Waals surface area (Å²) in [6.45, 7) is 2.46. The minimum atomic E-state index is -0.912. The summed E-state index contributed by atoms with van der Waals surface area (Å²) in [5.74, 6) is -2.52. The Morgan fingerprint density at radius 2 is 2.19 bits per heavy atom. The van der Waals surface area contributed by atoms with Gasteiger partial charge in [0.2, 0.25) is 0 Å². The van der Waals surface area contributed by atoms with Crippen LogP contribution in [0.4, 0.5) is 4.39 Å². The zero-order chi connectivity index (χ0) is 14.7. The van der Waals surface area contributed by atoms with E-state index in [0.717, 1.165) is 0 Å². The van der Waals surface area contributed by atoms with E-state index >= 15 is 0 Å². The Kier molecular flexibility index (Phi) is 5.96. The zero-order valence-corrected chi connectivity index (χ0v) is 12.4. The Morgan fingerprint density at radius 3 is 2.76 bits per heavy atom. The second kappa shape index (κ2) is 7.26. The molecule has 1 aromatic rings. The molecular formula is C14H17ClFNO4. The van der Waals surface area contributed by atoms with Gasteiger partial charge in [-0.25, -0.2) is 4.39 Å². The quantitative estimate of drug-likeness (QED) is 0.924. The van der Waals surface area contributed by atoms with Gasteiger partial charge >= 0.3 is 5.97 Å². The Morgan fingerprint density at radius 1 is 1.48 bits per heavy atom. The minimum absolute atomic E-state index is 0. The smallest absolute Gasteiger partial charge is 0.308 e. The van der Waals surface area contributed by atoms with Crippen molar-refractivity contribution < 1.29 is 23.8 Å². The van der Waals surface area contributed by atoms with Crippen LogP contribution in [-0.2, 0) is 4.79 Å². The molecular weight excluding hydrogens is 301 g/mol. The van der Waals surface area contributed by atoms with Crippen LogP contribution in [0.3, 0.4) is 0 Å². The highest BCUT2D eigenvalue weighted by atomic mass is 35.5. The molecule has 0 saturated carbocycles.